The van der Waals surface area contributed by atoms with Gasteiger partial charge in [0.15, 0.2) is 0 Å². The van der Waals surface area contributed by atoms with E-state index in [0.717, 1.165) is 12.0 Å². The van der Waals surface area contributed by atoms with Crippen molar-refractivity contribution in [3.05, 3.63) is 90.0 Å². The Morgan fingerprint density at radius 2 is 1.58 bits per heavy atom. The maximum absolute atomic E-state index is 13.8. The van der Waals surface area contributed by atoms with E-state index < -0.39 is 10.0 Å². The van der Waals surface area contributed by atoms with E-state index in [-0.39, 0.29) is 17.3 Å². The first-order chi connectivity index (χ1) is 15.8. The molecule has 3 rings (SSSR count). The Hall–Kier alpha value is -3.32. The molecule has 0 aromatic heterocycles. The van der Waals surface area contributed by atoms with E-state index in [4.69, 9.17) is 4.74 Å². The molecule has 0 saturated carbocycles. The van der Waals surface area contributed by atoms with E-state index in [1.165, 1.54) is 23.5 Å². The summed E-state index contributed by atoms with van der Waals surface area (Å²) in [6.45, 7) is 4.78. The summed E-state index contributed by atoms with van der Waals surface area (Å²) in [4.78, 5) is 13.1. The molecule has 0 saturated heterocycles. The predicted molar refractivity (Wildman–Crippen MR) is 131 cm³/mol. The topological polar surface area (TPSA) is 75.7 Å². The number of methoxy groups -OCH3 is 1. The van der Waals surface area contributed by atoms with E-state index in [1.54, 1.807) is 36.4 Å². The van der Waals surface area contributed by atoms with Crippen molar-refractivity contribution < 1.29 is 17.9 Å². The third kappa shape index (κ3) is 6.14. The lowest BCUT2D eigenvalue weighted by Crippen LogP contribution is -2.34. The summed E-state index contributed by atoms with van der Waals surface area (Å²) in [5.74, 6) is 0.716. The number of ether oxygens (including phenoxy) is 1. The second-order valence-corrected chi connectivity index (χ2v) is 9.99. The van der Waals surface area contributed by atoms with Crippen LogP contribution in [0.2, 0.25) is 0 Å². The minimum atomic E-state index is -3.97. The summed E-state index contributed by atoms with van der Waals surface area (Å²) in [5.41, 5.74) is 1.46. The number of rotatable bonds is 10. The number of hydrogen-bond donors (Lipinski definition) is 1. The minimum Gasteiger partial charge on any atom is -0.497 e. The van der Waals surface area contributed by atoms with Crippen LogP contribution in [-0.2, 0) is 16.6 Å². The standard InChI is InChI=1S/C26H30N2O4S/c1-20(2)17-18-27-26(29)24-11-7-8-12-25(24)28(19-21-9-5-4-6-10-21)33(30,31)23-15-13-22(32-3)14-16-23/h4-16,20H,17-19H2,1-3H3,(H,27,29). The SMILES string of the molecule is COc1ccc(S(=O)(=O)N(Cc2ccccc2)c2ccccc2C(=O)NCCC(C)C)cc1. The number of hydrogen-bond acceptors (Lipinski definition) is 4. The highest BCUT2D eigenvalue weighted by atomic mass is 32.2. The smallest absolute Gasteiger partial charge is 0.264 e. The molecule has 0 bridgehead atoms. The molecule has 0 atom stereocenters. The van der Waals surface area contributed by atoms with Crippen LogP contribution in [0.15, 0.2) is 83.8 Å². The zero-order valence-electron chi connectivity index (χ0n) is 19.2. The first kappa shape index (κ1) is 24.3. The molecule has 1 amide bonds. The maximum atomic E-state index is 13.8. The summed E-state index contributed by atoms with van der Waals surface area (Å²) >= 11 is 0. The minimum absolute atomic E-state index is 0.0888. The fourth-order valence-electron chi connectivity index (χ4n) is 3.38. The van der Waals surface area contributed by atoms with Crippen LogP contribution in [0.3, 0.4) is 0 Å². The van der Waals surface area contributed by atoms with Crippen LogP contribution in [0.1, 0.15) is 36.2 Å². The molecule has 0 heterocycles. The second kappa shape index (κ2) is 11.0. The Labute approximate surface area is 196 Å². The van der Waals surface area contributed by atoms with Gasteiger partial charge in [0, 0.05) is 6.54 Å². The number of carbonyl (C=O) groups is 1. The van der Waals surface area contributed by atoms with E-state index in [2.05, 4.69) is 19.2 Å². The number of para-hydroxylation sites is 1. The fraction of sp³-hybridized carbons (Fsp3) is 0.269. The molecule has 1 N–H and O–H groups in total. The van der Waals surface area contributed by atoms with Crippen molar-refractivity contribution >= 4 is 21.6 Å². The van der Waals surface area contributed by atoms with Crippen molar-refractivity contribution in [3.63, 3.8) is 0 Å². The van der Waals surface area contributed by atoms with Crippen molar-refractivity contribution in [2.24, 2.45) is 5.92 Å². The van der Waals surface area contributed by atoms with Gasteiger partial charge < -0.3 is 10.1 Å². The second-order valence-electron chi connectivity index (χ2n) is 8.13. The summed E-state index contributed by atoms with van der Waals surface area (Å²) in [6, 6.07) is 22.4. The largest absolute Gasteiger partial charge is 0.497 e. The normalized spacial score (nSPS) is 11.3. The van der Waals surface area contributed by atoms with Crippen molar-refractivity contribution in [3.8, 4) is 5.75 Å². The molecule has 3 aromatic carbocycles. The van der Waals surface area contributed by atoms with Crippen molar-refractivity contribution in [1.82, 2.24) is 5.32 Å². The van der Waals surface area contributed by atoms with Crippen LogP contribution < -0.4 is 14.4 Å². The number of carbonyl (C=O) groups excluding carboxylic acids is 1. The molecule has 0 radical (unpaired) electrons. The monoisotopic (exact) mass is 466 g/mol. The van der Waals surface area contributed by atoms with Crippen LogP contribution in [0.4, 0.5) is 5.69 Å². The van der Waals surface area contributed by atoms with Crippen molar-refractivity contribution in [2.75, 3.05) is 18.0 Å². The van der Waals surface area contributed by atoms with Gasteiger partial charge in [0.05, 0.1) is 29.8 Å². The van der Waals surface area contributed by atoms with Gasteiger partial charge in [-0.25, -0.2) is 8.42 Å². The molecular weight excluding hydrogens is 436 g/mol. The summed E-state index contributed by atoms with van der Waals surface area (Å²) < 4.78 is 34.0. The van der Waals surface area contributed by atoms with Gasteiger partial charge in [-0.3, -0.25) is 9.10 Å². The van der Waals surface area contributed by atoms with E-state index in [9.17, 15) is 13.2 Å². The number of amides is 1. The molecule has 6 nitrogen and oxygen atoms in total. The van der Waals surface area contributed by atoms with E-state index in [0.29, 0.717) is 29.5 Å². The lowest BCUT2D eigenvalue weighted by atomic mass is 10.1. The summed E-state index contributed by atoms with van der Waals surface area (Å²) in [7, 11) is -2.44. The highest BCUT2D eigenvalue weighted by Gasteiger charge is 2.28. The summed E-state index contributed by atoms with van der Waals surface area (Å²) in [6.07, 6.45) is 0.839. The van der Waals surface area contributed by atoms with E-state index in [1.807, 2.05) is 30.3 Å². The van der Waals surface area contributed by atoms with Crippen LogP contribution in [0, 0.1) is 5.92 Å². The van der Waals surface area contributed by atoms with Crippen LogP contribution in [0.5, 0.6) is 5.75 Å². The molecule has 3 aromatic rings. The lowest BCUT2D eigenvalue weighted by Gasteiger charge is -2.27. The number of anilines is 1. The van der Waals surface area contributed by atoms with Crippen LogP contribution >= 0.6 is 0 Å². The Balaban J connectivity index is 2.04. The van der Waals surface area contributed by atoms with Gasteiger partial charge in [-0.1, -0.05) is 56.3 Å². The highest BCUT2D eigenvalue weighted by molar-refractivity contribution is 7.92. The van der Waals surface area contributed by atoms with Crippen molar-refractivity contribution in [1.29, 1.82) is 0 Å². The molecule has 0 aliphatic rings. The number of nitrogens with zero attached hydrogens (tertiary/aromatic N) is 1. The first-order valence-corrected chi connectivity index (χ1v) is 12.3. The zero-order valence-corrected chi connectivity index (χ0v) is 20.0. The third-order valence-electron chi connectivity index (χ3n) is 5.24. The predicted octanol–water partition coefficient (Wildman–Crippen LogP) is 4.87. The number of benzene rings is 3. The first-order valence-electron chi connectivity index (χ1n) is 10.9. The summed E-state index contributed by atoms with van der Waals surface area (Å²) in [5, 5.41) is 2.92. The highest BCUT2D eigenvalue weighted by Crippen LogP contribution is 2.30. The van der Waals surface area contributed by atoms with Gasteiger partial charge in [0.2, 0.25) is 0 Å². The van der Waals surface area contributed by atoms with Crippen LogP contribution in [-0.4, -0.2) is 28.0 Å². The Morgan fingerprint density at radius 3 is 2.21 bits per heavy atom. The molecule has 0 fully saturated rings. The molecule has 0 aliphatic carbocycles. The van der Waals surface area contributed by atoms with Gasteiger partial charge in [-0.15, -0.1) is 0 Å². The molecular formula is C26H30N2O4S. The average molecular weight is 467 g/mol. The molecule has 0 spiro atoms. The van der Waals surface area contributed by atoms with Gasteiger partial charge in [0.1, 0.15) is 5.75 Å². The Bertz CT molecular complexity index is 1160. The van der Waals surface area contributed by atoms with Crippen molar-refractivity contribution in [2.45, 2.75) is 31.7 Å². The lowest BCUT2D eigenvalue weighted by molar-refractivity contribution is 0.0952. The molecule has 7 heteroatoms. The Morgan fingerprint density at radius 1 is 0.939 bits per heavy atom. The number of nitrogens with one attached hydrogen (secondary N) is 1. The van der Waals surface area contributed by atoms with Gasteiger partial charge >= 0.3 is 0 Å². The van der Waals surface area contributed by atoms with Gasteiger partial charge in [-0.05, 0) is 54.3 Å². The van der Waals surface area contributed by atoms with E-state index >= 15 is 0 Å². The zero-order chi connectivity index (χ0) is 23.8. The third-order valence-corrected chi connectivity index (χ3v) is 7.02. The number of sulfonamides is 1. The van der Waals surface area contributed by atoms with Gasteiger partial charge in [-0.2, -0.15) is 0 Å². The molecule has 174 valence electrons. The Kier molecular flexibility index (Phi) is 8.11. The molecule has 0 unspecified atom stereocenters. The molecule has 0 aliphatic heterocycles. The fourth-order valence-corrected chi connectivity index (χ4v) is 4.85. The van der Waals surface area contributed by atoms with Gasteiger partial charge in [0.25, 0.3) is 15.9 Å². The quantitative estimate of drug-likeness (QED) is 0.463. The average Bonchev–Trinajstić information content (AvgIpc) is 2.83. The van der Waals surface area contributed by atoms with Crippen LogP contribution in [0.25, 0.3) is 0 Å². The maximum Gasteiger partial charge on any atom is 0.264 e. The molecule has 33 heavy (non-hydrogen) atoms.